The van der Waals surface area contributed by atoms with Crippen LogP contribution < -0.4 is 10.4 Å². The van der Waals surface area contributed by atoms with E-state index < -0.39 is 8.07 Å². The molecule has 0 nitrogen and oxygen atoms in total. The Morgan fingerprint density at radius 1 is 0.643 bits per heavy atom. The fraction of sp³-hybridized carbons (Fsp3) is 0.185. The Labute approximate surface area is 167 Å². The molecule has 0 unspecified atom stereocenters. The van der Waals surface area contributed by atoms with Crippen LogP contribution in [0.15, 0.2) is 72.8 Å². The Balaban J connectivity index is 1.82. The molecule has 0 saturated carbocycles. The lowest BCUT2D eigenvalue weighted by molar-refractivity contribution is 0.666. The summed E-state index contributed by atoms with van der Waals surface area (Å²) in [5, 5.41) is 6.16. The van der Waals surface area contributed by atoms with Gasteiger partial charge < -0.3 is 0 Å². The zero-order chi connectivity index (χ0) is 19.3. The Bertz CT molecular complexity index is 1210. The maximum absolute atomic E-state index is 2.53. The summed E-state index contributed by atoms with van der Waals surface area (Å²) in [7, 11) is -1.75. The van der Waals surface area contributed by atoms with Gasteiger partial charge in [0.05, 0.1) is 0 Å². The molecule has 0 bridgehead atoms. The van der Waals surface area contributed by atoms with Crippen LogP contribution in [0.5, 0.6) is 0 Å². The molecular formula is C27H24Si. The van der Waals surface area contributed by atoms with Crippen LogP contribution in [0.3, 0.4) is 0 Å². The molecule has 136 valence electrons. The minimum absolute atomic E-state index is 0.0276. The number of rotatable bonds is 0. The average Bonchev–Trinajstić information content (AvgIpc) is 3.08. The molecule has 0 radical (unpaired) electrons. The average molecular weight is 377 g/mol. The minimum Gasteiger partial charge on any atom is -0.0623 e. The lowest BCUT2D eigenvalue weighted by Gasteiger charge is -2.27. The van der Waals surface area contributed by atoms with Crippen molar-refractivity contribution in [2.45, 2.75) is 32.4 Å². The highest BCUT2D eigenvalue weighted by molar-refractivity contribution is 7.05. The second-order valence-corrected chi connectivity index (χ2v) is 13.7. The summed E-state index contributed by atoms with van der Waals surface area (Å²) in [5.74, 6) is 0. The zero-order valence-corrected chi connectivity index (χ0v) is 17.9. The van der Waals surface area contributed by atoms with Crippen molar-refractivity contribution in [1.82, 2.24) is 0 Å². The van der Waals surface area contributed by atoms with Crippen molar-refractivity contribution in [2.24, 2.45) is 0 Å². The molecule has 0 atom stereocenters. The van der Waals surface area contributed by atoms with E-state index in [9.17, 15) is 0 Å². The van der Waals surface area contributed by atoms with Crippen molar-refractivity contribution < 1.29 is 0 Å². The molecule has 0 fully saturated rings. The molecule has 2 aliphatic rings. The highest BCUT2D eigenvalue weighted by Crippen LogP contribution is 2.51. The molecule has 1 aliphatic heterocycles. The van der Waals surface area contributed by atoms with Crippen molar-refractivity contribution >= 4 is 29.2 Å². The van der Waals surface area contributed by atoms with Crippen LogP contribution >= 0.6 is 0 Å². The lowest BCUT2D eigenvalue weighted by atomic mass is 9.80. The van der Waals surface area contributed by atoms with E-state index in [0.717, 1.165) is 0 Å². The maximum Gasteiger partial charge on any atom is 0.114 e. The predicted molar refractivity (Wildman–Crippen MR) is 124 cm³/mol. The van der Waals surface area contributed by atoms with Crippen LogP contribution in [-0.4, -0.2) is 8.07 Å². The molecule has 0 saturated heterocycles. The number of hydrogen-bond donors (Lipinski definition) is 0. The lowest BCUT2D eigenvalue weighted by Crippen LogP contribution is -2.49. The van der Waals surface area contributed by atoms with Crippen molar-refractivity contribution in [3.05, 3.63) is 83.9 Å². The van der Waals surface area contributed by atoms with Crippen LogP contribution in [0, 0.1) is 0 Å². The third-order valence-corrected chi connectivity index (χ3v) is 10.8. The fourth-order valence-electron chi connectivity index (χ4n) is 5.96. The van der Waals surface area contributed by atoms with Gasteiger partial charge in [-0.15, -0.1) is 0 Å². The van der Waals surface area contributed by atoms with Crippen LogP contribution in [0.4, 0.5) is 0 Å². The third kappa shape index (κ3) is 1.76. The normalized spacial score (nSPS) is 17.1. The summed E-state index contributed by atoms with van der Waals surface area (Å²) in [6.45, 7) is 9.89. The SMILES string of the molecule is CC1(C)c2ccccc2-c2ccc3ccc4c(c3c21)[Si](C)(C)c1ccccc1-4. The summed E-state index contributed by atoms with van der Waals surface area (Å²) < 4.78 is 0. The van der Waals surface area contributed by atoms with Gasteiger partial charge in [0.1, 0.15) is 8.07 Å². The molecular weight excluding hydrogens is 352 g/mol. The van der Waals surface area contributed by atoms with Gasteiger partial charge in [-0.1, -0.05) is 99.7 Å². The molecule has 0 spiro atoms. The van der Waals surface area contributed by atoms with E-state index in [2.05, 4.69) is 99.7 Å². The zero-order valence-electron chi connectivity index (χ0n) is 16.9. The van der Waals surface area contributed by atoms with Gasteiger partial charge in [0.25, 0.3) is 0 Å². The highest BCUT2D eigenvalue weighted by atomic mass is 28.3. The summed E-state index contributed by atoms with van der Waals surface area (Å²) in [6, 6.07) is 27.5. The molecule has 4 aromatic carbocycles. The van der Waals surface area contributed by atoms with Gasteiger partial charge in [0, 0.05) is 5.41 Å². The van der Waals surface area contributed by atoms with E-state index in [1.807, 2.05) is 0 Å². The molecule has 6 rings (SSSR count). The Morgan fingerprint density at radius 3 is 2.07 bits per heavy atom. The fourth-order valence-corrected chi connectivity index (χ4v) is 9.42. The second kappa shape index (κ2) is 5.04. The number of hydrogen-bond acceptors (Lipinski definition) is 0. The number of fused-ring (bicyclic) bond motifs is 9. The molecule has 0 amide bonds. The third-order valence-electron chi connectivity index (χ3n) is 7.22. The number of benzene rings is 4. The van der Waals surface area contributed by atoms with Crippen molar-refractivity contribution in [1.29, 1.82) is 0 Å². The van der Waals surface area contributed by atoms with Crippen LogP contribution in [0.2, 0.25) is 13.1 Å². The van der Waals surface area contributed by atoms with E-state index in [0.29, 0.717) is 0 Å². The largest absolute Gasteiger partial charge is 0.114 e. The first-order valence-corrected chi connectivity index (χ1v) is 13.2. The van der Waals surface area contributed by atoms with Crippen LogP contribution in [0.25, 0.3) is 33.0 Å². The Kier molecular flexibility index (Phi) is 2.94. The van der Waals surface area contributed by atoms with Gasteiger partial charge in [0.2, 0.25) is 0 Å². The van der Waals surface area contributed by atoms with E-state index in [1.165, 1.54) is 44.2 Å². The quantitative estimate of drug-likeness (QED) is 0.333. The Hall–Kier alpha value is -2.64. The van der Waals surface area contributed by atoms with Crippen molar-refractivity contribution in [3.8, 4) is 22.3 Å². The summed E-state index contributed by atoms with van der Waals surface area (Å²) in [5.41, 5.74) is 8.81. The van der Waals surface area contributed by atoms with Gasteiger partial charge in [0.15, 0.2) is 0 Å². The van der Waals surface area contributed by atoms with E-state index in [1.54, 1.807) is 10.4 Å². The first-order chi connectivity index (χ1) is 13.4. The molecule has 0 aromatic heterocycles. The monoisotopic (exact) mass is 376 g/mol. The van der Waals surface area contributed by atoms with E-state index in [-0.39, 0.29) is 5.41 Å². The topological polar surface area (TPSA) is 0 Å². The second-order valence-electron chi connectivity index (χ2n) is 9.42. The Morgan fingerprint density at radius 2 is 1.29 bits per heavy atom. The van der Waals surface area contributed by atoms with Crippen LogP contribution in [-0.2, 0) is 5.41 Å². The molecule has 0 N–H and O–H groups in total. The summed E-state index contributed by atoms with van der Waals surface area (Å²) in [6.07, 6.45) is 0. The van der Waals surface area contributed by atoms with Crippen molar-refractivity contribution in [3.63, 3.8) is 0 Å². The summed E-state index contributed by atoms with van der Waals surface area (Å²) >= 11 is 0. The molecule has 1 heteroatoms. The van der Waals surface area contributed by atoms with E-state index >= 15 is 0 Å². The molecule has 1 aliphatic carbocycles. The van der Waals surface area contributed by atoms with Gasteiger partial charge in [-0.2, -0.15) is 0 Å². The van der Waals surface area contributed by atoms with Crippen molar-refractivity contribution in [2.75, 3.05) is 0 Å². The van der Waals surface area contributed by atoms with Crippen LogP contribution in [0.1, 0.15) is 25.0 Å². The maximum atomic E-state index is 2.53. The highest BCUT2D eigenvalue weighted by Gasteiger charge is 2.43. The standard InChI is InChI=1S/C27H24Si/c1-27(2)22-11-7-5-9-18(22)20-15-13-17-14-16-21-19-10-6-8-12-23(19)28(3,4)26(21)24(17)25(20)27/h5-16H,1-4H3. The van der Waals surface area contributed by atoms with E-state index in [4.69, 9.17) is 0 Å². The van der Waals surface area contributed by atoms with Gasteiger partial charge in [-0.05, 0) is 54.5 Å². The van der Waals surface area contributed by atoms with Gasteiger partial charge in [-0.25, -0.2) is 0 Å². The van der Waals surface area contributed by atoms with Gasteiger partial charge in [-0.3, -0.25) is 0 Å². The molecule has 4 aromatic rings. The minimum atomic E-state index is -1.75. The smallest absolute Gasteiger partial charge is 0.0623 e. The molecule has 1 heterocycles. The predicted octanol–water partition coefficient (Wildman–Crippen LogP) is 5.95. The van der Waals surface area contributed by atoms with Gasteiger partial charge >= 0.3 is 0 Å². The molecule has 28 heavy (non-hydrogen) atoms. The first-order valence-electron chi connectivity index (χ1n) is 10.2. The first kappa shape index (κ1) is 16.3. The summed E-state index contributed by atoms with van der Waals surface area (Å²) in [4.78, 5) is 0.